The summed E-state index contributed by atoms with van der Waals surface area (Å²) in [6, 6.07) is 0.649. The van der Waals surface area contributed by atoms with E-state index in [-0.39, 0.29) is 6.61 Å². The molecule has 0 aromatic rings. The molecule has 0 radical (unpaired) electrons. The summed E-state index contributed by atoms with van der Waals surface area (Å²) in [5.74, 6) is 0. The van der Waals surface area contributed by atoms with E-state index in [0.29, 0.717) is 11.5 Å². The zero-order chi connectivity index (χ0) is 12.7. The molecule has 1 aliphatic heterocycles. The summed E-state index contributed by atoms with van der Waals surface area (Å²) in [7, 11) is 0. The highest BCUT2D eigenvalue weighted by Gasteiger charge is 2.18. The standard InChI is InChI=1S/C14H30N2O/c1-14(2,3)7-5-9-16(10-11-17)12-13-6-4-8-15-13/h13,15,17H,4-12H2,1-3H3. The Morgan fingerprint density at radius 2 is 2.06 bits per heavy atom. The summed E-state index contributed by atoms with van der Waals surface area (Å²) in [5.41, 5.74) is 0.427. The summed E-state index contributed by atoms with van der Waals surface area (Å²) in [6.07, 6.45) is 5.09. The zero-order valence-corrected chi connectivity index (χ0v) is 11.8. The van der Waals surface area contributed by atoms with Crippen LogP contribution in [0.3, 0.4) is 0 Å². The molecule has 0 saturated carbocycles. The molecule has 102 valence electrons. The maximum atomic E-state index is 9.11. The van der Waals surface area contributed by atoms with Crippen LogP contribution in [0.15, 0.2) is 0 Å². The van der Waals surface area contributed by atoms with Gasteiger partial charge in [-0.05, 0) is 44.2 Å². The van der Waals surface area contributed by atoms with Gasteiger partial charge in [0, 0.05) is 19.1 Å². The number of hydrogen-bond donors (Lipinski definition) is 2. The van der Waals surface area contributed by atoms with Crippen LogP contribution in [0.2, 0.25) is 0 Å². The second-order valence-corrected chi connectivity index (χ2v) is 6.48. The van der Waals surface area contributed by atoms with Crippen LogP contribution in [0.1, 0.15) is 46.5 Å². The Bertz CT molecular complexity index is 195. The Kier molecular flexibility index (Phi) is 6.45. The van der Waals surface area contributed by atoms with Crippen LogP contribution in [0.5, 0.6) is 0 Å². The van der Waals surface area contributed by atoms with Gasteiger partial charge in [0.05, 0.1) is 6.61 Å². The number of nitrogens with zero attached hydrogens (tertiary/aromatic N) is 1. The first-order chi connectivity index (χ1) is 8.01. The number of hydrogen-bond acceptors (Lipinski definition) is 3. The van der Waals surface area contributed by atoms with E-state index in [0.717, 1.165) is 19.6 Å². The molecule has 1 fully saturated rings. The van der Waals surface area contributed by atoms with E-state index in [1.54, 1.807) is 0 Å². The van der Waals surface area contributed by atoms with Gasteiger partial charge in [-0.25, -0.2) is 0 Å². The van der Waals surface area contributed by atoms with Gasteiger partial charge in [-0.3, -0.25) is 4.90 Å². The van der Waals surface area contributed by atoms with E-state index in [4.69, 9.17) is 5.11 Å². The van der Waals surface area contributed by atoms with Crippen molar-refractivity contribution in [3.05, 3.63) is 0 Å². The average molecular weight is 242 g/mol. The highest BCUT2D eigenvalue weighted by molar-refractivity contribution is 4.78. The third kappa shape index (κ3) is 7.02. The second-order valence-electron chi connectivity index (χ2n) is 6.48. The molecule has 1 aliphatic rings. The minimum Gasteiger partial charge on any atom is -0.395 e. The Balaban J connectivity index is 2.22. The molecule has 1 rings (SSSR count). The molecule has 0 aromatic carbocycles. The zero-order valence-electron chi connectivity index (χ0n) is 11.8. The lowest BCUT2D eigenvalue weighted by Crippen LogP contribution is -2.39. The van der Waals surface area contributed by atoms with Crippen LogP contribution in [-0.4, -0.2) is 48.8 Å². The molecule has 17 heavy (non-hydrogen) atoms. The van der Waals surface area contributed by atoms with Crippen molar-refractivity contribution in [1.82, 2.24) is 10.2 Å². The van der Waals surface area contributed by atoms with E-state index >= 15 is 0 Å². The van der Waals surface area contributed by atoms with Crippen molar-refractivity contribution in [1.29, 1.82) is 0 Å². The monoisotopic (exact) mass is 242 g/mol. The summed E-state index contributed by atoms with van der Waals surface area (Å²) in [6.45, 7) is 11.4. The molecule has 1 heterocycles. The molecule has 1 unspecified atom stereocenters. The van der Waals surface area contributed by atoms with Crippen LogP contribution in [-0.2, 0) is 0 Å². The highest BCUT2D eigenvalue weighted by Crippen LogP contribution is 2.20. The van der Waals surface area contributed by atoms with Crippen LogP contribution in [0, 0.1) is 5.41 Å². The first-order valence-corrected chi connectivity index (χ1v) is 7.08. The van der Waals surface area contributed by atoms with Gasteiger partial charge >= 0.3 is 0 Å². The molecule has 1 atom stereocenters. The lowest BCUT2D eigenvalue weighted by atomic mass is 9.90. The molecular weight excluding hydrogens is 212 g/mol. The number of rotatable bonds is 7. The third-order valence-corrected chi connectivity index (χ3v) is 3.46. The van der Waals surface area contributed by atoms with E-state index in [1.807, 2.05) is 0 Å². The van der Waals surface area contributed by atoms with Gasteiger partial charge in [-0.2, -0.15) is 0 Å². The Morgan fingerprint density at radius 1 is 1.29 bits per heavy atom. The second kappa shape index (κ2) is 7.34. The van der Waals surface area contributed by atoms with Crippen molar-refractivity contribution in [3.8, 4) is 0 Å². The number of aliphatic hydroxyl groups excluding tert-OH is 1. The minimum absolute atomic E-state index is 0.280. The SMILES string of the molecule is CC(C)(C)CCCN(CCO)CC1CCCN1. The van der Waals surface area contributed by atoms with Crippen LogP contribution in [0.4, 0.5) is 0 Å². The van der Waals surface area contributed by atoms with Gasteiger partial charge in [0.2, 0.25) is 0 Å². The van der Waals surface area contributed by atoms with Crippen molar-refractivity contribution in [2.24, 2.45) is 5.41 Å². The van der Waals surface area contributed by atoms with Gasteiger partial charge in [-0.1, -0.05) is 20.8 Å². The maximum absolute atomic E-state index is 9.11. The molecule has 3 nitrogen and oxygen atoms in total. The Hall–Kier alpha value is -0.120. The molecule has 3 heteroatoms. The van der Waals surface area contributed by atoms with Crippen molar-refractivity contribution in [3.63, 3.8) is 0 Å². The Morgan fingerprint density at radius 3 is 2.59 bits per heavy atom. The number of aliphatic hydroxyl groups is 1. The van der Waals surface area contributed by atoms with Gasteiger partial charge in [0.15, 0.2) is 0 Å². The van der Waals surface area contributed by atoms with Crippen LogP contribution >= 0.6 is 0 Å². The topological polar surface area (TPSA) is 35.5 Å². The normalized spacial score (nSPS) is 21.4. The third-order valence-electron chi connectivity index (χ3n) is 3.46. The molecule has 0 aromatic heterocycles. The summed E-state index contributed by atoms with van der Waals surface area (Å²) >= 11 is 0. The van der Waals surface area contributed by atoms with Crippen LogP contribution in [0.25, 0.3) is 0 Å². The molecule has 2 N–H and O–H groups in total. The molecule has 0 spiro atoms. The lowest BCUT2D eigenvalue weighted by molar-refractivity contribution is 0.177. The van der Waals surface area contributed by atoms with E-state index in [9.17, 15) is 0 Å². The van der Waals surface area contributed by atoms with E-state index in [1.165, 1.54) is 32.2 Å². The van der Waals surface area contributed by atoms with Gasteiger partial charge in [0.25, 0.3) is 0 Å². The van der Waals surface area contributed by atoms with Gasteiger partial charge in [0.1, 0.15) is 0 Å². The molecule has 0 amide bonds. The first kappa shape index (κ1) is 14.9. The van der Waals surface area contributed by atoms with Crippen LogP contribution < -0.4 is 5.32 Å². The molecule has 0 bridgehead atoms. The van der Waals surface area contributed by atoms with Crippen molar-refractivity contribution < 1.29 is 5.11 Å². The molecule has 1 saturated heterocycles. The van der Waals surface area contributed by atoms with Gasteiger partial charge in [-0.15, -0.1) is 0 Å². The first-order valence-electron chi connectivity index (χ1n) is 7.08. The van der Waals surface area contributed by atoms with Crippen molar-refractivity contribution >= 4 is 0 Å². The largest absolute Gasteiger partial charge is 0.395 e. The smallest absolute Gasteiger partial charge is 0.0558 e. The fourth-order valence-corrected chi connectivity index (χ4v) is 2.49. The minimum atomic E-state index is 0.280. The quantitative estimate of drug-likeness (QED) is 0.715. The number of nitrogens with one attached hydrogen (secondary N) is 1. The average Bonchev–Trinajstić information content (AvgIpc) is 2.68. The molecule has 0 aliphatic carbocycles. The van der Waals surface area contributed by atoms with Crippen molar-refractivity contribution in [2.75, 3.05) is 32.8 Å². The summed E-state index contributed by atoms with van der Waals surface area (Å²) < 4.78 is 0. The predicted octanol–water partition coefficient (Wildman–Crippen LogP) is 1.86. The van der Waals surface area contributed by atoms with Gasteiger partial charge < -0.3 is 10.4 Å². The lowest BCUT2D eigenvalue weighted by Gasteiger charge is -2.26. The predicted molar refractivity (Wildman–Crippen MR) is 73.2 cm³/mol. The summed E-state index contributed by atoms with van der Waals surface area (Å²) in [5, 5.41) is 12.6. The fraction of sp³-hybridized carbons (Fsp3) is 1.00. The highest BCUT2D eigenvalue weighted by atomic mass is 16.3. The van der Waals surface area contributed by atoms with E-state index < -0.39 is 0 Å². The molecular formula is C14H30N2O. The Labute approximate surface area is 107 Å². The fourth-order valence-electron chi connectivity index (χ4n) is 2.49. The maximum Gasteiger partial charge on any atom is 0.0558 e. The summed E-state index contributed by atoms with van der Waals surface area (Å²) in [4.78, 5) is 2.41. The van der Waals surface area contributed by atoms with Crippen molar-refractivity contribution in [2.45, 2.75) is 52.5 Å². The van der Waals surface area contributed by atoms with E-state index in [2.05, 4.69) is 31.0 Å².